The lowest BCUT2D eigenvalue weighted by molar-refractivity contribution is -0.187. The first-order chi connectivity index (χ1) is 23.7. The molecule has 258 valence electrons. The number of nitrogens with two attached hydrogens (primary N) is 1. The molecule has 5 aromatic rings. The molecule has 4 amide bonds. The van der Waals surface area contributed by atoms with E-state index in [2.05, 4.69) is 10.4 Å². The van der Waals surface area contributed by atoms with Crippen LogP contribution in [0.1, 0.15) is 29.7 Å². The Morgan fingerprint density at radius 1 is 0.920 bits per heavy atom. The van der Waals surface area contributed by atoms with E-state index in [1.54, 1.807) is 51.1 Å². The fraction of sp³-hybridized carbons (Fsp3) is 0.263. The van der Waals surface area contributed by atoms with Gasteiger partial charge in [0.1, 0.15) is 18.0 Å². The molecule has 3 heterocycles. The first kappa shape index (κ1) is 34.0. The van der Waals surface area contributed by atoms with E-state index in [0.29, 0.717) is 18.8 Å². The summed E-state index contributed by atoms with van der Waals surface area (Å²) in [6.45, 7) is 1.10. The van der Waals surface area contributed by atoms with Gasteiger partial charge in [0.05, 0.1) is 31.3 Å². The molecule has 12 nitrogen and oxygen atoms in total. The summed E-state index contributed by atoms with van der Waals surface area (Å²) in [5.74, 6) is -0.345. The Kier molecular flexibility index (Phi) is 9.73. The van der Waals surface area contributed by atoms with Gasteiger partial charge in [-0.1, -0.05) is 80.2 Å². The Morgan fingerprint density at radius 2 is 1.66 bits per heavy atom. The zero-order chi connectivity index (χ0) is 34.1. The fourth-order valence-electron chi connectivity index (χ4n) is 6.89. The highest BCUT2D eigenvalue weighted by atomic mass is 16.3. The molecule has 50 heavy (non-hydrogen) atoms. The van der Waals surface area contributed by atoms with Gasteiger partial charge < -0.3 is 26.0 Å². The highest BCUT2D eigenvalue weighted by Crippen LogP contribution is 2.30. The van der Waals surface area contributed by atoms with Gasteiger partial charge in [0.15, 0.2) is 0 Å². The predicted molar refractivity (Wildman–Crippen MR) is 191 cm³/mol. The number of amides is 4. The molecule has 0 radical (unpaired) electrons. The Hall–Kier alpha value is -5.88. The third kappa shape index (κ3) is 6.83. The Labute approximate surface area is 291 Å². The first-order valence-corrected chi connectivity index (χ1v) is 16.2. The van der Waals surface area contributed by atoms with Crippen LogP contribution in [0.2, 0.25) is 0 Å². The van der Waals surface area contributed by atoms with Crippen LogP contribution in [0.3, 0.4) is 0 Å². The number of carbonyl (C=O) groups is 3. The van der Waals surface area contributed by atoms with Gasteiger partial charge in [0.25, 0.3) is 0 Å². The molecule has 0 unspecified atom stereocenters. The zero-order valence-corrected chi connectivity index (χ0v) is 27.1. The van der Waals surface area contributed by atoms with Crippen LogP contribution in [-0.2, 0) is 35.6 Å². The van der Waals surface area contributed by atoms with Gasteiger partial charge in [-0.3, -0.25) is 14.3 Å². The highest BCUT2D eigenvalue weighted by molar-refractivity contribution is 5.92. The lowest BCUT2D eigenvalue weighted by Gasteiger charge is -2.54. The van der Waals surface area contributed by atoms with E-state index in [0.717, 1.165) is 33.2 Å². The number of fused-ring (bicyclic) bond motifs is 2. The molecule has 4 N–H and O–H groups in total. The molecule has 4 aromatic carbocycles. The number of hydrogen-bond donors (Lipinski definition) is 3. The fourth-order valence-corrected chi connectivity index (χ4v) is 6.89. The van der Waals surface area contributed by atoms with Crippen LogP contribution in [0.4, 0.5) is 10.5 Å². The number of likely N-dealkylation sites (N-methyl/N-ethyl adjacent to an activating group) is 1. The van der Waals surface area contributed by atoms with Crippen molar-refractivity contribution < 1.29 is 19.5 Å². The van der Waals surface area contributed by atoms with Crippen molar-refractivity contribution >= 4 is 34.4 Å². The van der Waals surface area contributed by atoms with Crippen molar-refractivity contribution in [3.8, 4) is 5.75 Å². The summed E-state index contributed by atoms with van der Waals surface area (Å²) in [6, 6.07) is 28.6. The minimum atomic E-state index is -0.870. The lowest BCUT2D eigenvalue weighted by atomic mass is 9.98. The molecule has 2 atom stereocenters. The van der Waals surface area contributed by atoms with Gasteiger partial charge in [-0.05, 0) is 46.5 Å². The van der Waals surface area contributed by atoms with Crippen molar-refractivity contribution in [2.45, 2.75) is 45.7 Å². The molecule has 0 saturated carbocycles. The smallest absolute Gasteiger partial charge is 0.334 e. The number of para-hydroxylation sites is 1. The summed E-state index contributed by atoms with van der Waals surface area (Å²) >= 11 is 0. The number of nitrogens with zero attached hydrogens (tertiary/aromatic N) is 6. The summed E-state index contributed by atoms with van der Waals surface area (Å²) < 4.78 is 1.91. The van der Waals surface area contributed by atoms with Gasteiger partial charge in [0, 0.05) is 37.6 Å². The number of aromatic nitrogens is 2. The highest BCUT2D eigenvalue weighted by Gasteiger charge is 2.50. The molecule has 12 heteroatoms. The van der Waals surface area contributed by atoms with Crippen LogP contribution in [0.15, 0.2) is 103 Å². The second-order valence-corrected chi connectivity index (χ2v) is 12.6. The number of nitrogen functional groups attached to an aromatic ring is 1. The summed E-state index contributed by atoms with van der Waals surface area (Å²) in [5.41, 5.74) is 11.2. The van der Waals surface area contributed by atoms with Crippen molar-refractivity contribution in [1.29, 1.82) is 0 Å². The molecule has 7 rings (SSSR count). The number of benzene rings is 4. The second-order valence-electron chi connectivity index (χ2n) is 12.6. The lowest BCUT2D eigenvalue weighted by Crippen LogP contribution is -2.76. The van der Waals surface area contributed by atoms with Crippen LogP contribution in [-0.4, -0.2) is 84.9 Å². The Balaban J connectivity index is 0.00000432. The average Bonchev–Trinajstić information content (AvgIpc) is 3.50. The Bertz CT molecular complexity index is 2000. The minimum absolute atomic E-state index is 0. The molecule has 0 bridgehead atoms. The number of nitrogens with one attached hydrogen (secondary N) is 1. The van der Waals surface area contributed by atoms with Crippen LogP contribution >= 0.6 is 0 Å². The van der Waals surface area contributed by atoms with E-state index in [1.807, 2.05) is 83.7 Å². The molecule has 0 aliphatic carbocycles. The third-order valence-electron chi connectivity index (χ3n) is 9.19. The monoisotopic (exact) mass is 674 g/mol. The van der Waals surface area contributed by atoms with Crippen molar-refractivity contribution in [2.24, 2.45) is 0 Å². The normalized spacial score (nSPS) is 17.8. The van der Waals surface area contributed by atoms with Gasteiger partial charge >= 0.3 is 6.03 Å². The van der Waals surface area contributed by atoms with Crippen LogP contribution in [0.5, 0.6) is 5.75 Å². The van der Waals surface area contributed by atoms with Gasteiger partial charge in [-0.15, -0.1) is 0 Å². The van der Waals surface area contributed by atoms with Gasteiger partial charge in [0.2, 0.25) is 11.8 Å². The number of carbonyl (C=O) groups excluding carboxylic acids is 3. The van der Waals surface area contributed by atoms with E-state index in [-0.39, 0.29) is 57.1 Å². The topological polar surface area (TPSA) is 140 Å². The standard InChI is InChI=1S/C37H38N8O4.CH4/c1-41-24-34(47)44-32(18-25-13-15-31(46)16-14-25)36(48)42(23-33(44)45(41)37(49)39-19-26-7-3-2-4-8-26)22-29-11-6-10-28-20-40-43(35(28)29)21-27-9-5-12-30(38)17-27;/h2-17,20,32-33,46H,18-19,21-24,38H2,1H3,(H,39,49);1H4/t32-,33-;/m0./s1. The summed E-state index contributed by atoms with van der Waals surface area (Å²) in [4.78, 5) is 45.4. The minimum Gasteiger partial charge on any atom is -0.508 e. The van der Waals surface area contributed by atoms with Crippen molar-refractivity contribution in [3.05, 3.63) is 126 Å². The molecule has 2 saturated heterocycles. The first-order valence-electron chi connectivity index (χ1n) is 16.2. The van der Waals surface area contributed by atoms with Crippen molar-refractivity contribution in [3.63, 3.8) is 0 Å². The number of phenols is 1. The number of anilines is 1. The molecule has 2 fully saturated rings. The zero-order valence-electron chi connectivity index (χ0n) is 27.1. The number of piperazine rings is 1. The van der Waals surface area contributed by atoms with E-state index in [4.69, 9.17) is 5.73 Å². The summed E-state index contributed by atoms with van der Waals surface area (Å²) in [6.07, 6.45) is 1.28. The maximum atomic E-state index is 14.5. The maximum absolute atomic E-state index is 14.5. The van der Waals surface area contributed by atoms with E-state index >= 15 is 0 Å². The number of aromatic hydroxyl groups is 1. The number of rotatable bonds is 8. The SMILES string of the molecule is C.CN1CC(=O)N2[C@@H](Cc3ccc(O)cc3)C(=O)N(Cc3cccc4cnn(Cc5cccc(N)c5)c34)C[C@@H]2N1C(=O)NCc1ccccc1. The van der Waals surface area contributed by atoms with E-state index in [1.165, 1.54) is 0 Å². The largest absolute Gasteiger partial charge is 0.508 e. The quantitative estimate of drug-likeness (QED) is 0.210. The molecular formula is C38H42N8O4. The van der Waals surface area contributed by atoms with Crippen molar-refractivity contribution in [2.75, 3.05) is 25.9 Å². The molecule has 2 aliphatic rings. The van der Waals surface area contributed by atoms with Gasteiger partial charge in [-0.25, -0.2) is 14.8 Å². The van der Waals surface area contributed by atoms with E-state index in [9.17, 15) is 19.5 Å². The Morgan fingerprint density at radius 3 is 2.42 bits per heavy atom. The average molecular weight is 675 g/mol. The maximum Gasteiger partial charge on any atom is 0.334 e. The van der Waals surface area contributed by atoms with Crippen LogP contribution in [0.25, 0.3) is 10.9 Å². The summed E-state index contributed by atoms with van der Waals surface area (Å²) in [5, 5.41) is 21.7. The number of hydrogen-bond acceptors (Lipinski definition) is 7. The van der Waals surface area contributed by atoms with Crippen molar-refractivity contribution in [1.82, 2.24) is 34.9 Å². The summed E-state index contributed by atoms with van der Waals surface area (Å²) in [7, 11) is 1.71. The van der Waals surface area contributed by atoms with Crippen LogP contribution in [0, 0.1) is 0 Å². The molecule has 2 aliphatic heterocycles. The number of urea groups is 1. The number of hydrazine groups is 1. The second kappa shape index (κ2) is 14.3. The molecule has 0 spiro atoms. The van der Waals surface area contributed by atoms with E-state index < -0.39 is 12.2 Å². The van der Waals surface area contributed by atoms with Crippen LogP contribution < -0.4 is 11.1 Å². The third-order valence-corrected chi connectivity index (χ3v) is 9.19. The number of phenolic OH excluding ortho intramolecular Hbond substituents is 1. The molecule has 1 aromatic heterocycles. The predicted octanol–water partition coefficient (Wildman–Crippen LogP) is 4.19. The van der Waals surface area contributed by atoms with Gasteiger partial charge in [-0.2, -0.15) is 5.10 Å². The molecular weight excluding hydrogens is 632 g/mol.